The van der Waals surface area contributed by atoms with Gasteiger partial charge in [-0.1, -0.05) is 19.8 Å². The number of carbonyl (C=O) groups excluding carboxylic acids is 2. The Kier molecular flexibility index (Phi) is 4.83. The monoisotopic (exact) mass is 266 g/mol. The molecule has 0 aromatic rings. The number of nitrogens with zero attached hydrogens (tertiary/aromatic N) is 1. The number of unbranched alkanes of at least 4 members (excludes halogenated alkanes) is 2. The average molecular weight is 266 g/mol. The van der Waals surface area contributed by atoms with Crippen molar-refractivity contribution in [1.82, 2.24) is 10.2 Å². The second-order valence-corrected chi connectivity index (χ2v) is 5.90. The normalized spacial score (nSPS) is 21.0. The predicted octanol–water partition coefficient (Wildman–Crippen LogP) is 2.09. The minimum absolute atomic E-state index is 0.0285. The SMILES string of the molecule is CCCCCNC(=O)C1(C(=O)N2CCCCC2)CC1. The Labute approximate surface area is 115 Å². The molecule has 4 heteroatoms. The molecule has 1 saturated carbocycles. The Morgan fingerprint density at radius 3 is 2.37 bits per heavy atom. The molecule has 2 amide bonds. The molecule has 1 heterocycles. The second kappa shape index (κ2) is 6.40. The summed E-state index contributed by atoms with van der Waals surface area (Å²) < 4.78 is 0. The van der Waals surface area contributed by atoms with Crippen molar-refractivity contribution in [2.45, 2.75) is 58.3 Å². The molecule has 2 fully saturated rings. The van der Waals surface area contributed by atoms with Crippen LogP contribution < -0.4 is 5.32 Å². The number of rotatable bonds is 6. The molecule has 0 unspecified atom stereocenters. The fraction of sp³-hybridized carbons (Fsp3) is 0.867. The van der Waals surface area contributed by atoms with Gasteiger partial charge in [-0.2, -0.15) is 0 Å². The molecule has 4 nitrogen and oxygen atoms in total. The molecular weight excluding hydrogens is 240 g/mol. The summed E-state index contributed by atoms with van der Waals surface area (Å²) in [5, 5.41) is 2.95. The lowest BCUT2D eigenvalue weighted by Gasteiger charge is -2.30. The zero-order valence-corrected chi connectivity index (χ0v) is 12.0. The van der Waals surface area contributed by atoms with E-state index in [1.807, 2.05) is 4.90 Å². The van der Waals surface area contributed by atoms with E-state index in [0.29, 0.717) is 6.54 Å². The smallest absolute Gasteiger partial charge is 0.238 e. The van der Waals surface area contributed by atoms with Gasteiger partial charge < -0.3 is 10.2 Å². The van der Waals surface area contributed by atoms with E-state index in [1.54, 1.807) is 0 Å². The molecule has 1 saturated heterocycles. The highest BCUT2D eigenvalue weighted by Gasteiger charge is 2.57. The molecular formula is C15H26N2O2. The topological polar surface area (TPSA) is 49.4 Å². The van der Waals surface area contributed by atoms with E-state index in [0.717, 1.165) is 58.0 Å². The van der Waals surface area contributed by atoms with Gasteiger partial charge in [-0.3, -0.25) is 9.59 Å². The Balaban J connectivity index is 1.83. The number of piperidine rings is 1. The van der Waals surface area contributed by atoms with Crippen LogP contribution in [0.3, 0.4) is 0 Å². The van der Waals surface area contributed by atoms with Crippen LogP contribution in [0, 0.1) is 5.41 Å². The molecule has 108 valence electrons. The fourth-order valence-electron chi connectivity index (χ4n) is 2.81. The van der Waals surface area contributed by atoms with E-state index in [1.165, 1.54) is 6.42 Å². The summed E-state index contributed by atoms with van der Waals surface area (Å²) in [6.45, 7) is 4.53. The Bertz CT molecular complexity index is 331. The van der Waals surface area contributed by atoms with Gasteiger partial charge in [0.25, 0.3) is 0 Å². The molecule has 1 aliphatic heterocycles. The van der Waals surface area contributed by atoms with Gasteiger partial charge >= 0.3 is 0 Å². The Hall–Kier alpha value is -1.06. The molecule has 1 N–H and O–H groups in total. The highest BCUT2D eigenvalue weighted by Crippen LogP contribution is 2.47. The zero-order chi connectivity index (χ0) is 13.7. The number of carbonyl (C=O) groups is 2. The number of hydrogen-bond donors (Lipinski definition) is 1. The maximum atomic E-state index is 12.5. The second-order valence-electron chi connectivity index (χ2n) is 5.90. The van der Waals surface area contributed by atoms with Crippen molar-refractivity contribution in [1.29, 1.82) is 0 Å². The quantitative estimate of drug-likeness (QED) is 0.591. The molecule has 0 aromatic carbocycles. The van der Waals surface area contributed by atoms with E-state index in [9.17, 15) is 9.59 Å². The molecule has 2 rings (SSSR count). The van der Waals surface area contributed by atoms with Crippen molar-refractivity contribution in [2.75, 3.05) is 19.6 Å². The Morgan fingerprint density at radius 2 is 1.79 bits per heavy atom. The highest BCUT2D eigenvalue weighted by molar-refractivity contribution is 6.07. The first-order valence-corrected chi connectivity index (χ1v) is 7.78. The third-order valence-electron chi connectivity index (χ3n) is 4.30. The summed E-state index contributed by atoms with van der Waals surface area (Å²) in [6, 6.07) is 0. The van der Waals surface area contributed by atoms with Crippen molar-refractivity contribution in [3.63, 3.8) is 0 Å². The van der Waals surface area contributed by atoms with Gasteiger partial charge in [-0.05, 0) is 38.5 Å². The minimum Gasteiger partial charge on any atom is -0.355 e. The lowest BCUT2D eigenvalue weighted by molar-refractivity contribution is -0.144. The summed E-state index contributed by atoms with van der Waals surface area (Å²) in [6.07, 6.45) is 8.14. The molecule has 19 heavy (non-hydrogen) atoms. The van der Waals surface area contributed by atoms with Gasteiger partial charge in [0, 0.05) is 19.6 Å². The molecule has 0 spiro atoms. The van der Waals surface area contributed by atoms with Crippen molar-refractivity contribution in [3.05, 3.63) is 0 Å². The fourth-order valence-corrected chi connectivity index (χ4v) is 2.81. The van der Waals surface area contributed by atoms with Crippen LogP contribution in [0.5, 0.6) is 0 Å². The maximum absolute atomic E-state index is 12.5. The van der Waals surface area contributed by atoms with Gasteiger partial charge in [0.2, 0.25) is 11.8 Å². The van der Waals surface area contributed by atoms with Gasteiger partial charge in [0.05, 0.1) is 0 Å². The summed E-state index contributed by atoms with van der Waals surface area (Å²) >= 11 is 0. The third kappa shape index (κ3) is 3.28. The van der Waals surface area contributed by atoms with Crippen LogP contribution >= 0.6 is 0 Å². The Morgan fingerprint density at radius 1 is 1.11 bits per heavy atom. The van der Waals surface area contributed by atoms with E-state index < -0.39 is 5.41 Å². The third-order valence-corrected chi connectivity index (χ3v) is 4.30. The van der Waals surface area contributed by atoms with Gasteiger partial charge in [-0.15, -0.1) is 0 Å². The van der Waals surface area contributed by atoms with Crippen molar-refractivity contribution >= 4 is 11.8 Å². The molecule has 0 aromatic heterocycles. The summed E-state index contributed by atoms with van der Waals surface area (Å²) in [5.74, 6) is 0.0550. The summed E-state index contributed by atoms with van der Waals surface area (Å²) in [4.78, 5) is 26.6. The number of hydrogen-bond acceptors (Lipinski definition) is 2. The first kappa shape index (κ1) is 14.4. The van der Waals surface area contributed by atoms with Crippen LogP contribution in [0.1, 0.15) is 58.3 Å². The molecule has 0 bridgehead atoms. The van der Waals surface area contributed by atoms with E-state index >= 15 is 0 Å². The summed E-state index contributed by atoms with van der Waals surface area (Å²) in [7, 11) is 0. The van der Waals surface area contributed by atoms with Crippen LogP contribution in [0.2, 0.25) is 0 Å². The predicted molar refractivity (Wildman–Crippen MR) is 74.6 cm³/mol. The van der Waals surface area contributed by atoms with Crippen LogP contribution in [-0.2, 0) is 9.59 Å². The zero-order valence-electron chi connectivity index (χ0n) is 12.0. The number of likely N-dealkylation sites (tertiary alicyclic amines) is 1. The lowest BCUT2D eigenvalue weighted by Crippen LogP contribution is -2.47. The molecule has 2 aliphatic rings. The minimum atomic E-state index is -0.691. The van der Waals surface area contributed by atoms with Crippen LogP contribution in [-0.4, -0.2) is 36.3 Å². The molecule has 1 aliphatic carbocycles. The number of amides is 2. The molecule has 0 radical (unpaired) electrons. The largest absolute Gasteiger partial charge is 0.355 e. The van der Waals surface area contributed by atoms with Gasteiger partial charge in [-0.25, -0.2) is 0 Å². The lowest BCUT2D eigenvalue weighted by atomic mass is 10.0. The average Bonchev–Trinajstić information content (AvgIpc) is 3.25. The van der Waals surface area contributed by atoms with E-state index in [-0.39, 0.29) is 11.8 Å². The van der Waals surface area contributed by atoms with Crippen molar-refractivity contribution in [3.8, 4) is 0 Å². The van der Waals surface area contributed by atoms with Crippen molar-refractivity contribution < 1.29 is 9.59 Å². The van der Waals surface area contributed by atoms with Crippen LogP contribution in [0.25, 0.3) is 0 Å². The summed E-state index contributed by atoms with van der Waals surface area (Å²) in [5.41, 5.74) is -0.691. The number of nitrogens with one attached hydrogen (secondary N) is 1. The van der Waals surface area contributed by atoms with Crippen molar-refractivity contribution in [2.24, 2.45) is 5.41 Å². The van der Waals surface area contributed by atoms with Crippen LogP contribution in [0.15, 0.2) is 0 Å². The first-order chi connectivity index (χ1) is 9.20. The first-order valence-electron chi connectivity index (χ1n) is 7.78. The maximum Gasteiger partial charge on any atom is 0.238 e. The van der Waals surface area contributed by atoms with Gasteiger partial charge in [0.1, 0.15) is 5.41 Å². The van der Waals surface area contributed by atoms with Crippen LogP contribution in [0.4, 0.5) is 0 Å². The standard InChI is InChI=1S/C15H26N2O2/c1-2-3-5-10-16-13(18)15(8-9-15)14(19)17-11-6-4-7-12-17/h2-12H2,1H3,(H,16,18). The molecule has 0 atom stereocenters. The van der Waals surface area contributed by atoms with E-state index in [4.69, 9.17) is 0 Å². The van der Waals surface area contributed by atoms with Gasteiger partial charge in [0.15, 0.2) is 0 Å². The highest BCUT2D eigenvalue weighted by atomic mass is 16.2. The van der Waals surface area contributed by atoms with E-state index in [2.05, 4.69) is 12.2 Å².